The smallest absolute Gasteiger partial charge is 0.189 e. The van der Waals surface area contributed by atoms with Crippen molar-refractivity contribution < 1.29 is 45.3 Å². The van der Waals surface area contributed by atoms with Crippen LogP contribution in [0, 0.1) is 5.92 Å². The van der Waals surface area contributed by atoms with E-state index in [1.807, 2.05) is 13.8 Å². The molecule has 0 radical (unpaired) electrons. The first kappa shape index (κ1) is 34.4. The molecule has 252 valence electrons. The average molecular weight is 663 g/mol. The topological polar surface area (TPSA) is 176 Å². The van der Waals surface area contributed by atoms with Gasteiger partial charge >= 0.3 is 0 Å². The Morgan fingerprint density at radius 2 is 1.41 bits per heavy atom. The van der Waals surface area contributed by atoms with E-state index in [1.54, 1.807) is 31.2 Å². The SMILES string of the molecule is CC(C)=CCc1c(O)ccc(C(=O)[C@@H]2[C@H](c3c(O)ccc(C(=O)C=Cc4ccc(O)cc4)c3O)C=C(C)C[C@H]2c2ccc(O)cc2O)c1O. The Bertz CT molecular complexity index is 2010. The lowest BCUT2D eigenvalue weighted by Gasteiger charge is -2.37. The van der Waals surface area contributed by atoms with Gasteiger partial charge in [-0.25, -0.2) is 0 Å². The lowest BCUT2D eigenvalue weighted by Crippen LogP contribution is -2.32. The maximum absolute atomic E-state index is 14.7. The van der Waals surface area contributed by atoms with Crippen molar-refractivity contribution in [3.63, 3.8) is 0 Å². The van der Waals surface area contributed by atoms with Crippen LogP contribution in [-0.2, 0) is 6.42 Å². The van der Waals surface area contributed by atoms with Crippen LogP contribution in [0.15, 0.2) is 96.1 Å². The minimum atomic E-state index is -1.15. The first-order valence-corrected chi connectivity index (χ1v) is 15.7. The van der Waals surface area contributed by atoms with Gasteiger partial charge in [0.2, 0.25) is 0 Å². The van der Waals surface area contributed by atoms with Gasteiger partial charge in [-0.1, -0.05) is 47.6 Å². The Balaban J connectivity index is 1.67. The van der Waals surface area contributed by atoms with Crippen molar-refractivity contribution in [1.29, 1.82) is 0 Å². The molecule has 3 atom stereocenters. The summed E-state index contributed by atoms with van der Waals surface area (Å²) < 4.78 is 0. The molecule has 5 rings (SSSR count). The number of carbonyl (C=O) groups excluding carboxylic acids is 2. The van der Waals surface area contributed by atoms with E-state index in [1.165, 1.54) is 60.7 Å². The molecule has 9 nitrogen and oxygen atoms in total. The third-order valence-electron chi connectivity index (χ3n) is 8.89. The molecule has 4 aromatic carbocycles. The fraction of sp³-hybridized carbons (Fsp3) is 0.200. The molecule has 1 aliphatic rings. The molecule has 0 heterocycles. The summed E-state index contributed by atoms with van der Waals surface area (Å²) in [5.41, 5.74) is 2.45. The second-order valence-corrected chi connectivity index (χ2v) is 12.6. The van der Waals surface area contributed by atoms with Gasteiger partial charge in [0.25, 0.3) is 0 Å². The predicted octanol–water partition coefficient (Wildman–Crippen LogP) is 7.75. The largest absolute Gasteiger partial charge is 0.508 e. The minimum Gasteiger partial charge on any atom is -0.508 e. The van der Waals surface area contributed by atoms with Crippen molar-refractivity contribution in [3.05, 3.63) is 129 Å². The molecule has 9 heteroatoms. The molecule has 0 aromatic heterocycles. The number of ketones is 2. The fourth-order valence-electron chi connectivity index (χ4n) is 6.44. The van der Waals surface area contributed by atoms with Crippen LogP contribution in [0.3, 0.4) is 0 Å². The molecule has 0 unspecified atom stereocenters. The summed E-state index contributed by atoms with van der Waals surface area (Å²) in [6.07, 6.45) is 6.68. The number of aromatic hydroxyl groups is 7. The summed E-state index contributed by atoms with van der Waals surface area (Å²) in [6.45, 7) is 5.53. The summed E-state index contributed by atoms with van der Waals surface area (Å²) in [5.74, 6) is -6.08. The molecule has 0 amide bonds. The van der Waals surface area contributed by atoms with Gasteiger partial charge in [-0.05, 0) is 93.3 Å². The number of hydrogen-bond donors (Lipinski definition) is 7. The highest BCUT2D eigenvalue weighted by atomic mass is 16.3. The molecule has 4 aromatic rings. The molecular weight excluding hydrogens is 624 g/mol. The lowest BCUT2D eigenvalue weighted by atomic mass is 9.65. The third-order valence-corrected chi connectivity index (χ3v) is 8.89. The van der Waals surface area contributed by atoms with E-state index in [-0.39, 0.29) is 63.8 Å². The Hall–Kier alpha value is -5.96. The van der Waals surface area contributed by atoms with Gasteiger partial charge < -0.3 is 35.7 Å². The van der Waals surface area contributed by atoms with Crippen LogP contribution in [0.5, 0.6) is 40.2 Å². The second kappa shape index (κ2) is 14.0. The monoisotopic (exact) mass is 662 g/mol. The zero-order chi connectivity index (χ0) is 35.6. The van der Waals surface area contributed by atoms with Crippen molar-refractivity contribution in [1.82, 2.24) is 0 Å². The minimum absolute atomic E-state index is 0.0629. The molecule has 49 heavy (non-hydrogen) atoms. The van der Waals surface area contributed by atoms with Crippen LogP contribution in [0.1, 0.15) is 82.0 Å². The van der Waals surface area contributed by atoms with E-state index in [4.69, 9.17) is 0 Å². The normalized spacial score (nSPS) is 17.4. The third kappa shape index (κ3) is 7.16. The Labute approximate surface area is 283 Å². The van der Waals surface area contributed by atoms with Gasteiger partial charge in [0.05, 0.1) is 11.1 Å². The lowest BCUT2D eigenvalue weighted by molar-refractivity contribution is 0.0876. The van der Waals surface area contributed by atoms with Crippen LogP contribution < -0.4 is 0 Å². The summed E-state index contributed by atoms with van der Waals surface area (Å²) >= 11 is 0. The van der Waals surface area contributed by atoms with E-state index in [9.17, 15) is 45.3 Å². The van der Waals surface area contributed by atoms with Crippen molar-refractivity contribution in [2.24, 2.45) is 5.92 Å². The number of phenolic OH excluding ortho intramolecular Hbond substituents is 7. The van der Waals surface area contributed by atoms with Crippen molar-refractivity contribution >= 4 is 17.6 Å². The number of rotatable bonds is 9. The van der Waals surface area contributed by atoms with Crippen molar-refractivity contribution in [2.75, 3.05) is 0 Å². The van der Waals surface area contributed by atoms with E-state index in [0.29, 0.717) is 11.1 Å². The number of carbonyl (C=O) groups is 2. The fourth-order valence-corrected chi connectivity index (χ4v) is 6.44. The number of benzene rings is 4. The summed E-state index contributed by atoms with van der Waals surface area (Å²) in [4.78, 5) is 28.1. The zero-order valence-electron chi connectivity index (χ0n) is 27.3. The first-order chi connectivity index (χ1) is 23.3. The van der Waals surface area contributed by atoms with Gasteiger partial charge in [-0.3, -0.25) is 9.59 Å². The number of phenols is 7. The highest BCUT2D eigenvalue weighted by molar-refractivity contribution is 6.09. The number of hydrogen-bond acceptors (Lipinski definition) is 9. The Kier molecular flexibility index (Phi) is 9.84. The Morgan fingerprint density at radius 1 is 0.755 bits per heavy atom. The summed E-state index contributed by atoms with van der Waals surface area (Å²) in [7, 11) is 0. The highest BCUT2D eigenvalue weighted by Crippen LogP contribution is 2.53. The van der Waals surface area contributed by atoms with Gasteiger partial charge in [-0.15, -0.1) is 0 Å². The van der Waals surface area contributed by atoms with Gasteiger partial charge in [0.1, 0.15) is 40.2 Å². The Morgan fingerprint density at radius 3 is 2.08 bits per heavy atom. The van der Waals surface area contributed by atoms with E-state index >= 15 is 0 Å². The van der Waals surface area contributed by atoms with E-state index in [0.717, 1.165) is 17.2 Å². The quantitative estimate of drug-likeness (QED) is 0.0537. The predicted molar refractivity (Wildman–Crippen MR) is 186 cm³/mol. The average Bonchev–Trinajstić information content (AvgIpc) is 3.04. The molecule has 0 saturated heterocycles. The van der Waals surface area contributed by atoms with Crippen molar-refractivity contribution in [3.8, 4) is 40.2 Å². The van der Waals surface area contributed by atoms with Crippen LogP contribution in [0.25, 0.3) is 6.08 Å². The maximum atomic E-state index is 14.7. The van der Waals surface area contributed by atoms with Gasteiger partial charge in [0, 0.05) is 34.9 Å². The summed E-state index contributed by atoms with van der Waals surface area (Å²) in [6, 6.07) is 15.3. The number of allylic oxidation sites excluding steroid dienone is 5. The zero-order valence-corrected chi connectivity index (χ0v) is 27.3. The van der Waals surface area contributed by atoms with E-state index in [2.05, 4.69) is 0 Å². The van der Waals surface area contributed by atoms with Crippen LogP contribution in [0.2, 0.25) is 0 Å². The second-order valence-electron chi connectivity index (χ2n) is 12.6. The molecule has 0 bridgehead atoms. The summed E-state index contributed by atoms with van der Waals surface area (Å²) in [5, 5.41) is 75.3. The van der Waals surface area contributed by atoms with Crippen LogP contribution in [-0.4, -0.2) is 47.3 Å². The molecule has 0 saturated carbocycles. The van der Waals surface area contributed by atoms with Crippen LogP contribution in [0.4, 0.5) is 0 Å². The standard InChI is InChI=1S/C40H38O9/c1-21(2)4-11-27-33(44)16-14-29(38(27)47)40(49)36-30(26-12-10-25(42)20-35(26)46)18-22(3)19-31(36)37-34(45)17-13-28(39(37)48)32(43)15-7-23-5-8-24(41)9-6-23/h4-10,12-17,19-20,30-31,36,41-42,44-48H,11,18H2,1-3H3/t30-,31+,36-/m0/s1. The molecule has 7 N–H and O–H groups in total. The molecule has 0 spiro atoms. The maximum Gasteiger partial charge on any atom is 0.189 e. The molecule has 1 aliphatic carbocycles. The van der Waals surface area contributed by atoms with E-state index < -0.39 is 40.8 Å². The van der Waals surface area contributed by atoms with Crippen molar-refractivity contribution in [2.45, 2.75) is 45.4 Å². The molecule has 0 fully saturated rings. The highest BCUT2D eigenvalue weighted by Gasteiger charge is 2.43. The molecule has 0 aliphatic heterocycles. The number of Topliss-reactive ketones (excluding diaryl/α,β-unsaturated/α-hetero) is 1. The molecular formula is C40H38O9. The van der Waals surface area contributed by atoms with Crippen LogP contribution >= 0.6 is 0 Å². The first-order valence-electron chi connectivity index (χ1n) is 15.7. The van der Waals surface area contributed by atoms with Gasteiger partial charge in [0.15, 0.2) is 11.6 Å². The van der Waals surface area contributed by atoms with Gasteiger partial charge in [-0.2, -0.15) is 0 Å².